The zero-order chi connectivity index (χ0) is 13.1. The van der Waals surface area contributed by atoms with Crippen LogP contribution in [0.1, 0.15) is 6.42 Å². The molecule has 7 nitrogen and oxygen atoms in total. The predicted octanol–water partition coefficient (Wildman–Crippen LogP) is 0.210. The minimum absolute atomic E-state index is 0.000801. The number of anilines is 1. The molecule has 98 valence electrons. The third-order valence-electron chi connectivity index (χ3n) is 3.04. The van der Waals surface area contributed by atoms with Gasteiger partial charge in [-0.25, -0.2) is 14.6 Å². The molecule has 0 aromatic carbocycles. The van der Waals surface area contributed by atoms with E-state index in [1.165, 1.54) is 11.0 Å². The molecule has 0 spiro atoms. The topological polar surface area (TPSA) is 84.7 Å². The molecule has 0 saturated carbocycles. The van der Waals surface area contributed by atoms with E-state index in [9.17, 15) is 4.79 Å². The van der Waals surface area contributed by atoms with Gasteiger partial charge in [0.25, 0.3) is 0 Å². The lowest BCUT2D eigenvalue weighted by molar-refractivity contribution is -0.117. The Kier molecular flexibility index (Phi) is 3.20. The van der Waals surface area contributed by atoms with E-state index in [0.29, 0.717) is 23.8 Å². The van der Waals surface area contributed by atoms with E-state index >= 15 is 0 Å². The van der Waals surface area contributed by atoms with Crippen molar-refractivity contribution >= 4 is 11.6 Å². The highest BCUT2D eigenvalue weighted by atomic mass is 16.1. The predicted molar refractivity (Wildman–Crippen MR) is 68.8 cm³/mol. The number of carbonyl (C=O) groups is 1. The van der Waals surface area contributed by atoms with E-state index in [-0.39, 0.29) is 5.91 Å². The van der Waals surface area contributed by atoms with Crippen molar-refractivity contribution < 1.29 is 4.79 Å². The molecule has 2 aromatic heterocycles. The van der Waals surface area contributed by atoms with Crippen LogP contribution in [-0.2, 0) is 4.79 Å². The zero-order valence-electron chi connectivity index (χ0n) is 10.3. The number of nitrogens with one attached hydrogen (secondary N) is 2. The molecule has 2 N–H and O–H groups in total. The number of aromatic nitrogens is 4. The SMILES string of the molecule is O=C(CC1CNC1)Nc1cccnc1-n1cncn1. The van der Waals surface area contributed by atoms with Crippen molar-refractivity contribution in [2.75, 3.05) is 18.4 Å². The molecule has 3 rings (SSSR count). The monoisotopic (exact) mass is 258 g/mol. The van der Waals surface area contributed by atoms with Crippen molar-refractivity contribution in [3.8, 4) is 5.82 Å². The molecule has 0 bridgehead atoms. The standard InChI is InChI=1S/C12H14N6O/c19-11(4-9-5-13-6-9)17-10-2-1-3-15-12(10)18-8-14-7-16-18/h1-3,7-9,13H,4-6H2,(H,17,19). The van der Waals surface area contributed by atoms with Gasteiger partial charge in [0.2, 0.25) is 5.91 Å². The van der Waals surface area contributed by atoms with Crippen LogP contribution >= 0.6 is 0 Å². The highest BCUT2D eigenvalue weighted by molar-refractivity contribution is 5.92. The van der Waals surface area contributed by atoms with Gasteiger partial charge in [0.15, 0.2) is 5.82 Å². The van der Waals surface area contributed by atoms with Crippen LogP contribution in [0.5, 0.6) is 0 Å². The minimum atomic E-state index is 0.000801. The molecule has 0 unspecified atom stereocenters. The first-order valence-electron chi connectivity index (χ1n) is 6.13. The summed E-state index contributed by atoms with van der Waals surface area (Å²) >= 11 is 0. The third-order valence-corrected chi connectivity index (χ3v) is 3.04. The fourth-order valence-electron chi connectivity index (χ4n) is 1.95. The number of hydrogen-bond acceptors (Lipinski definition) is 5. The first-order chi connectivity index (χ1) is 9.33. The molecular weight excluding hydrogens is 244 g/mol. The number of hydrogen-bond donors (Lipinski definition) is 2. The fraction of sp³-hybridized carbons (Fsp3) is 0.333. The molecule has 19 heavy (non-hydrogen) atoms. The van der Waals surface area contributed by atoms with Gasteiger partial charge in [-0.2, -0.15) is 5.10 Å². The van der Waals surface area contributed by atoms with E-state index in [0.717, 1.165) is 13.1 Å². The highest BCUT2D eigenvalue weighted by Crippen LogP contribution is 2.17. The Hall–Kier alpha value is -2.28. The average molecular weight is 258 g/mol. The first-order valence-corrected chi connectivity index (χ1v) is 6.13. The molecule has 3 heterocycles. The maximum absolute atomic E-state index is 11.9. The van der Waals surface area contributed by atoms with Crippen LogP contribution < -0.4 is 10.6 Å². The summed E-state index contributed by atoms with van der Waals surface area (Å²) in [6.07, 6.45) is 5.16. The maximum atomic E-state index is 11.9. The van der Waals surface area contributed by atoms with E-state index in [1.54, 1.807) is 24.7 Å². The Labute approximate surface area is 110 Å². The Balaban J connectivity index is 1.75. The normalized spacial score (nSPS) is 14.9. The molecule has 1 amide bonds. The third kappa shape index (κ3) is 2.60. The first kappa shape index (κ1) is 11.8. The minimum Gasteiger partial charge on any atom is -0.323 e. The van der Waals surface area contributed by atoms with Crippen molar-refractivity contribution in [3.05, 3.63) is 31.0 Å². The maximum Gasteiger partial charge on any atom is 0.224 e. The van der Waals surface area contributed by atoms with Crippen LogP contribution in [0.15, 0.2) is 31.0 Å². The van der Waals surface area contributed by atoms with Crippen molar-refractivity contribution in [1.82, 2.24) is 25.1 Å². The fourth-order valence-corrected chi connectivity index (χ4v) is 1.95. The van der Waals surface area contributed by atoms with Crippen molar-refractivity contribution in [2.45, 2.75) is 6.42 Å². The largest absolute Gasteiger partial charge is 0.323 e. The van der Waals surface area contributed by atoms with Crippen LogP contribution in [0.25, 0.3) is 5.82 Å². The second-order valence-corrected chi connectivity index (χ2v) is 4.49. The quantitative estimate of drug-likeness (QED) is 0.819. The molecule has 1 aliphatic rings. The summed E-state index contributed by atoms with van der Waals surface area (Å²) in [6.45, 7) is 1.83. The van der Waals surface area contributed by atoms with Gasteiger partial charge in [0.05, 0.1) is 5.69 Å². The Bertz CT molecular complexity index is 563. The molecular formula is C12H14N6O. The van der Waals surface area contributed by atoms with Crippen LogP contribution in [0.4, 0.5) is 5.69 Å². The molecule has 1 fully saturated rings. The summed E-state index contributed by atoms with van der Waals surface area (Å²) < 4.78 is 1.53. The smallest absolute Gasteiger partial charge is 0.224 e. The number of amides is 1. The van der Waals surface area contributed by atoms with E-state index in [2.05, 4.69) is 25.7 Å². The van der Waals surface area contributed by atoms with Crippen LogP contribution in [-0.4, -0.2) is 38.7 Å². The van der Waals surface area contributed by atoms with Gasteiger partial charge in [-0.15, -0.1) is 0 Å². The lowest BCUT2D eigenvalue weighted by atomic mass is 9.99. The summed E-state index contributed by atoms with van der Waals surface area (Å²) in [6, 6.07) is 3.59. The Morgan fingerprint density at radius 2 is 2.42 bits per heavy atom. The van der Waals surface area contributed by atoms with Crippen molar-refractivity contribution in [3.63, 3.8) is 0 Å². The molecule has 1 aliphatic heterocycles. The van der Waals surface area contributed by atoms with Gasteiger partial charge in [-0.05, 0) is 31.1 Å². The van der Waals surface area contributed by atoms with Gasteiger partial charge < -0.3 is 10.6 Å². The van der Waals surface area contributed by atoms with Gasteiger partial charge in [0.1, 0.15) is 12.7 Å². The molecule has 0 aliphatic carbocycles. The van der Waals surface area contributed by atoms with Gasteiger partial charge >= 0.3 is 0 Å². The number of carbonyl (C=O) groups excluding carboxylic acids is 1. The molecule has 0 atom stereocenters. The summed E-state index contributed by atoms with van der Waals surface area (Å²) in [4.78, 5) is 20.0. The molecule has 2 aromatic rings. The summed E-state index contributed by atoms with van der Waals surface area (Å²) in [5, 5.41) is 10.1. The van der Waals surface area contributed by atoms with E-state index in [1.807, 2.05) is 0 Å². The second-order valence-electron chi connectivity index (χ2n) is 4.49. The lowest BCUT2D eigenvalue weighted by Crippen LogP contribution is -2.43. The molecule has 1 saturated heterocycles. The number of nitrogens with zero attached hydrogens (tertiary/aromatic N) is 4. The molecule has 0 radical (unpaired) electrons. The van der Waals surface area contributed by atoms with Gasteiger partial charge in [-0.1, -0.05) is 0 Å². The second kappa shape index (κ2) is 5.15. The van der Waals surface area contributed by atoms with Crippen molar-refractivity contribution in [1.29, 1.82) is 0 Å². The number of rotatable bonds is 4. The van der Waals surface area contributed by atoms with Crippen molar-refractivity contribution in [2.24, 2.45) is 5.92 Å². The molecule has 7 heteroatoms. The van der Waals surface area contributed by atoms with E-state index < -0.39 is 0 Å². The van der Waals surface area contributed by atoms with Gasteiger partial charge in [-0.3, -0.25) is 4.79 Å². The van der Waals surface area contributed by atoms with Gasteiger partial charge in [0, 0.05) is 12.6 Å². The van der Waals surface area contributed by atoms with Crippen LogP contribution in [0.2, 0.25) is 0 Å². The Morgan fingerprint density at radius 3 is 3.11 bits per heavy atom. The van der Waals surface area contributed by atoms with E-state index in [4.69, 9.17) is 0 Å². The summed E-state index contributed by atoms with van der Waals surface area (Å²) in [5.41, 5.74) is 0.644. The van der Waals surface area contributed by atoms with Crippen LogP contribution in [0.3, 0.4) is 0 Å². The van der Waals surface area contributed by atoms with Crippen LogP contribution in [0, 0.1) is 5.92 Å². The summed E-state index contributed by atoms with van der Waals surface area (Å²) in [7, 11) is 0. The lowest BCUT2D eigenvalue weighted by Gasteiger charge is -2.26. The highest BCUT2D eigenvalue weighted by Gasteiger charge is 2.20. The summed E-state index contributed by atoms with van der Waals surface area (Å²) in [5.74, 6) is 1.01. The Morgan fingerprint density at radius 1 is 1.53 bits per heavy atom. The number of pyridine rings is 1. The average Bonchev–Trinajstić information content (AvgIpc) is 2.88. The zero-order valence-corrected chi connectivity index (χ0v) is 10.3.